The third-order valence-electron chi connectivity index (χ3n) is 5.62. The first kappa shape index (κ1) is 22.4. The minimum Gasteiger partial charge on any atom is -0.383 e. The molecule has 7 nitrogen and oxygen atoms in total. The average molecular weight is 384 g/mol. The Kier molecular flexibility index (Phi) is 10.4. The van der Waals surface area contributed by atoms with Crippen molar-refractivity contribution in [2.75, 3.05) is 73.2 Å². The van der Waals surface area contributed by atoms with E-state index in [0.29, 0.717) is 18.0 Å². The van der Waals surface area contributed by atoms with E-state index in [9.17, 15) is 0 Å². The van der Waals surface area contributed by atoms with Gasteiger partial charge in [0.2, 0.25) is 0 Å². The molecule has 2 aliphatic heterocycles. The molecule has 2 fully saturated rings. The third kappa shape index (κ3) is 7.94. The van der Waals surface area contributed by atoms with E-state index in [4.69, 9.17) is 9.47 Å². The number of nitrogens with one attached hydrogen (secondary N) is 2. The standard InChI is InChI=1S/C20H41N5O2/c1-17(2)14-19(25-9-12-27-13-10-25)16-23-20(21-3)22-15-18-6-5-7-24(18)8-11-26-4/h17-19H,5-16H2,1-4H3,(H2,21,22,23). The highest BCUT2D eigenvalue weighted by Crippen LogP contribution is 2.16. The van der Waals surface area contributed by atoms with E-state index in [-0.39, 0.29) is 0 Å². The largest absolute Gasteiger partial charge is 0.383 e. The van der Waals surface area contributed by atoms with Gasteiger partial charge in [-0.25, -0.2) is 0 Å². The predicted octanol–water partition coefficient (Wildman–Crippen LogP) is 1.01. The van der Waals surface area contributed by atoms with E-state index < -0.39 is 0 Å². The molecule has 2 aliphatic rings. The maximum absolute atomic E-state index is 5.52. The fraction of sp³-hybridized carbons (Fsp3) is 0.950. The summed E-state index contributed by atoms with van der Waals surface area (Å²) in [7, 11) is 3.63. The third-order valence-corrected chi connectivity index (χ3v) is 5.62. The Balaban J connectivity index is 1.78. The van der Waals surface area contributed by atoms with Gasteiger partial charge in [-0.05, 0) is 31.7 Å². The lowest BCUT2D eigenvalue weighted by Gasteiger charge is -2.36. The summed E-state index contributed by atoms with van der Waals surface area (Å²) in [6.45, 7) is 13.2. The molecule has 0 radical (unpaired) electrons. The number of aliphatic imine (C=N–C) groups is 1. The number of morpholine rings is 1. The van der Waals surface area contributed by atoms with Crippen molar-refractivity contribution in [3.8, 4) is 0 Å². The Morgan fingerprint density at radius 1 is 1.22 bits per heavy atom. The molecule has 7 heteroatoms. The lowest BCUT2D eigenvalue weighted by molar-refractivity contribution is 0.0132. The molecule has 0 spiro atoms. The van der Waals surface area contributed by atoms with Gasteiger partial charge in [-0.2, -0.15) is 0 Å². The maximum atomic E-state index is 5.52. The molecule has 0 aromatic heterocycles. The average Bonchev–Trinajstić information content (AvgIpc) is 3.13. The monoisotopic (exact) mass is 383 g/mol. The molecule has 158 valence electrons. The van der Waals surface area contributed by atoms with Crippen molar-refractivity contribution in [2.24, 2.45) is 10.9 Å². The number of rotatable bonds is 10. The molecule has 2 atom stereocenters. The van der Waals surface area contributed by atoms with Gasteiger partial charge in [0.25, 0.3) is 0 Å². The highest BCUT2D eigenvalue weighted by Gasteiger charge is 2.25. The zero-order chi connectivity index (χ0) is 19.5. The van der Waals surface area contributed by atoms with Crippen LogP contribution in [0.1, 0.15) is 33.1 Å². The number of nitrogens with zero attached hydrogens (tertiary/aromatic N) is 3. The van der Waals surface area contributed by atoms with E-state index in [1.165, 1.54) is 25.8 Å². The number of ether oxygens (including phenoxy) is 2. The topological polar surface area (TPSA) is 61.4 Å². The summed E-state index contributed by atoms with van der Waals surface area (Å²) in [5, 5.41) is 7.11. The van der Waals surface area contributed by atoms with Gasteiger partial charge in [-0.15, -0.1) is 0 Å². The van der Waals surface area contributed by atoms with E-state index in [2.05, 4.69) is 39.3 Å². The van der Waals surface area contributed by atoms with Gasteiger partial charge in [0.15, 0.2) is 5.96 Å². The first-order chi connectivity index (χ1) is 13.1. The van der Waals surface area contributed by atoms with Crippen LogP contribution in [0, 0.1) is 5.92 Å². The van der Waals surface area contributed by atoms with Crippen LogP contribution in [0.4, 0.5) is 0 Å². The van der Waals surface area contributed by atoms with Gasteiger partial charge in [0.1, 0.15) is 0 Å². The van der Waals surface area contributed by atoms with E-state index in [0.717, 1.165) is 58.5 Å². The highest BCUT2D eigenvalue weighted by atomic mass is 16.5. The number of guanidine groups is 1. The van der Waals surface area contributed by atoms with Crippen LogP contribution in [0.25, 0.3) is 0 Å². The van der Waals surface area contributed by atoms with Crippen LogP contribution in [-0.4, -0.2) is 101 Å². The second kappa shape index (κ2) is 12.5. The van der Waals surface area contributed by atoms with Gasteiger partial charge in [0, 0.05) is 59.0 Å². The molecule has 0 saturated carbocycles. The summed E-state index contributed by atoms with van der Waals surface area (Å²) >= 11 is 0. The zero-order valence-electron chi connectivity index (χ0n) is 17.9. The van der Waals surface area contributed by atoms with Crippen molar-refractivity contribution >= 4 is 5.96 Å². The molecule has 0 aliphatic carbocycles. The van der Waals surface area contributed by atoms with Crippen molar-refractivity contribution < 1.29 is 9.47 Å². The Hall–Kier alpha value is -0.890. The summed E-state index contributed by atoms with van der Waals surface area (Å²) in [6.07, 6.45) is 3.71. The van der Waals surface area contributed by atoms with Crippen LogP contribution in [0.3, 0.4) is 0 Å². The van der Waals surface area contributed by atoms with Crippen LogP contribution in [0.2, 0.25) is 0 Å². The molecule has 27 heavy (non-hydrogen) atoms. The minimum absolute atomic E-state index is 0.525. The lowest BCUT2D eigenvalue weighted by atomic mass is 10.0. The zero-order valence-corrected chi connectivity index (χ0v) is 17.9. The summed E-state index contributed by atoms with van der Waals surface area (Å²) in [5.41, 5.74) is 0. The van der Waals surface area contributed by atoms with Crippen LogP contribution >= 0.6 is 0 Å². The summed E-state index contributed by atoms with van der Waals surface area (Å²) in [6, 6.07) is 1.10. The summed E-state index contributed by atoms with van der Waals surface area (Å²) in [4.78, 5) is 9.53. The molecule has 2 heterocycles. The number of methoxy groups -OCH3 is 1. The molecule has 2 rings (SSSR count). The quantitative estimate of drug-likeness (QED) is 0.434. The van der Waals surface area contributed by atoms with Gasteiger partial charge in [-0.1, -0.05) is 13.8 Å². The van der Waals surface area contributed by atoms with Crippen molar-refractivity contribution in [1.82, 2.24) is 20.4 Å². The molecule has 2 N–H and O–H groups in total. The molecular weight excluding hydrogens is 342 g/mol. The highest BCUT2D eigenvalue weighted by molar-refractivity contribution is 5.79. The Labute approximate surface area is 165 Å². The van der Waals surface area contributed by atoms with Crippen LogP contribution in [0.5, 0.6) is 0 Å². The van der Waals surface area contributed by atoms with E-state index >= 15 is 0 Å². The second-order valence-corrected chi connectivity index (χ2v) is 8.09. The van der Waals surface area contributed by atoms with Gasteiger partial charge < -0.3 is 20.1 Å². The first-order valence-electron chi connectivity index (χ1n) is 10.6. The normalized spacial score (nSPS) is 23.7. The van der Waals surface area contributed by atoms with E-state index in [1.807, 2.05) is 7.05 Å². The molecule has 0 aromatic rings. The number of likely N-dealkylation sites (tertiary alicyclic amines) is 1. The molecule has 2 saturated heterocycles. The van der Waals surface area contributed by atoms with Gasteiger partial charge in [0.05, 0.1) is 19.8 Å². The molecule has 0 bridgehead atoms. The van der Waals surface area contributed by atoms with Crippen molar-refractivity contribution in [3.63, 3.8) is 0 Å². The summed E-state index contributed by atoms with van der Waals surface area (Å²) < 4.78 is 10.8. The van der Waals surface area contributed by atoms with E-state index in [1.54, 1.807) is 7.11 Å². The smallest absolute Gasteiger partial charge is 0.191 e. The number of hydrogen-bond acceptors (Lipinski definition) is 5. The molecule has 0 aromatic carbocycles. The Morgan fingerprint density at radius 3 is 2.67 bits per heavy atom. The molecular formula is C20H41N5O2. The Morgan fingerprint density at radius 2 is 2.00 bits per heavy atom. The fourth-order valence-corrected chi connectivity index (χ4v) is 4.13. The molecule has 0 amide bonds. The van der Waals surface area contributed by atoms with Crippen molar-refractivity contribution in [3.05, 3.63) is 0 Å². The fourth-order valence-electron chi connectivity index (χ4n) is 4.13. The Bertz CT molecular complexity index is 427. The van der Waals surface area contributed by atoms with Crippen molar-refractivity contribution in [1.29, 1.82) is 0 Å². The number of hydrogen-bond donors (Lipinski definition) is 2. The first-order valence-corrected chi connectivity index (χ1v) is 10.6. The molecule has 2 unspecified atom stereocenters. The SMILES string of the molecule is CN=C(NCC1CCCN1CCOC)NCC(CC(C)C)N1CCOCC1. The van der Waals surface area contributed by atoms with Gasteiger partial charge >= 0.3 is 0 Å². The lowest BCUT2D eigenvalue weighted by Crippen LogP contribution is -2.52. The maximum Gasteiger partial charge on any atom is 0.191 e. The van der Waals surface area contributed by atoms with Crippen LogP contribution < -0.4 is 10.6 Å². The summed E-state index contributed by atoms with van der Waals surface area (Å²) in [5.74, 6) is 1.60. The minimum atomic E-state index is 0.525. The predicted molar refractivity (Wildman–Crippen MR) is 111 cm³/mol. The van der Waals surface area contributed by atoms with Crippen LogP contribution in [-0.2, 0) is 9.47 Å². The van der Waals surface area contributed by atoms with Crippen molar-refractivity contribution in [2.45, 2.75) is 45.2 Å². The van der Waals surface area contributed by atoms with Gasteiger partial charge in [-0.3, -0.25) is 14.8 Å². The second-order valence-electron chi connectivity index (χ2n) is 8.09. The van der Waals surface area contributed by atoms with Crippen LogP contribution in [0.15, 0.2) is 4.99 Å².